The van der Waals surface area contributed by atoms with Crippen LogP contribution in [0.3, 0.4) is 0 Å². The second-order valence-corrected chi connectivity index (χ2v) is 5.26. The molecule has 1 aromatic rings. The Bertz CT molecular complexity index is 445. The summed E-state index contributed by atoms with van der Waals surface area (Å²) in [5, 5.41) is 3.38. The molecule has 1 amide bonds. The lowest BCUT2D eigenvalue weighted by atomic mass is 10.1. The van der Waals surface area contributed by atoms with E-state index in [1.807, 2.05) is 26.8 Å². The van der Waals surface area contributed by atoms with Crippen LogP contribution >= 0.6 is 11.6 Å². The zero-order valence-electron chi connectivity index (χ0n) is 12.3. The van der Waals surface area contributed by atoms with Gasteiger partial charge in [-0.2, -0.15) is 0 Å². The average Bonchev–Trinajstić information content (AvgIpc) is 2.43. The topological polar surface area (TPSA) is 64.3 Å². The maximum atomic E-state index is 11.7. The highest BCUT2D eigenvalue weighted by atomic mass is 35.5. The highest BCUT2D eigenvalue weighted by molar-refractivity contribution is 6.32. The van der Waals surface area contributed by atoms with Crippen LogP contribution in [0.15, 0.2) is 18.2 Å². The third-order valence-corrected chi connectivity index (χ3v) is 3.49. The minimum atomic E-state index is -0.133. The number of hydrogen-bond acceptors (Lipinski definition) is 3. The largest absolute Gasteiger partial charge is 0.482 e. The molecule has 5 heteroatoms. The summed E-state index contributed by atoms with van der Waals surface area (Å²) in [4.78, 5) is 11.7. The number of nitrogens with one attached hydrogen (secondary N) is 1. The van der Waals surface area contributed by atoms with Gasteiger partial charge >= 0.3 is 0 Å². The van der Waals surface area contributed by atoms with E-state index >= 15 is 0 Å². The van der Waals surface area contributed by atoms with Gasteiger partial charge in [-0.25, -0.2) is 0 Å². The standard InChI is InChI=1S/C15H23ClN2O2/c1-4-12(5-2)18-15(19)9-20-14-7-6-11(10(3)17)8-13(14)16/h6-8,10,12H,4-5,9,17H2,1-3H3,(H,18,19). The van der Waals surface area contributed by atoms with Crippen LogP contribution in [-0.2, 0) is 4.79 Å². The van der Waals surface area contributed by atoms with Crippen LogP contribution in [0.1, 0.15) is 45.2 Å². The molecule has 1 aromatic carbocycles. The number of rotatable bonds is 7. The summed E-state index contributed by atoms with van der Waals surface area (Å²) in [7, 11) is 0. The maximum absolute atomic E-state index is 11.7. The van der Waals surface area contributed by atoms with E-state index in [1.54, 1.807) is 12.1 Å². The number of hydrogen-bond donors (Lipinski definition) is 2. The first-order valence-electron chi connectivity index (χ1n) is 6.95. The molecule has 0 aromatic heterocycles. The van der Waals surface area contributed by atoms with Gasteiger partial charge in [-0.05, 0) is 37.5 Å². The number of amides is 1. The molecule has 1 unspecified atom stereocenters. The molecule has 1 atom stereocenters. The molecule has 0 heterocycles. The van der Waals surface area contributed by atoms with Crippen molar-refractivity contribution in [3.8, 4) is 5.75 Å². The van der Waals surface area contributed by atoms with Crippen molar-refractivity contribution in [2.24, 2.45) is 5.73 Å². The molecule has 0 saturated carbocycles. The third-order valence-electron chi connectivity index (χ3n) is 3.19. The summed E-state index contributed by atoms with van der Waals surface area (Å²) in [6.07, 6.45) is 1.82. The lowest BCUT2D eigenvalue weighted by molar-refractivity contribution is -0.123. The van der Waals surface area contributed by atoms with Gasteiger partial charge in [0.05, 0.1) is 5.02 Å². The summed E-state index contributed by atoms with van der Waals surface area (Å²) in [6.45, 7) is 5.93. The molecule has 1 rings (SSSR count). The Kier molecular flexibility index (Phi) is 6.82. The molecular formula is C15H23ClN2O2. The molecule has 112 valence electrons. The van der Waals surface area contributed by atoms with Crippen molar-refractivity contribution >= 4 is 17.5 Å². The molecule has 0 aliphatic rings. The number of benzene rings is 1. The van der Waals surface area contributed by atoms with E-state index in [1.165, 1.54) is 0 Å². The van der Waals surface area contributed by atoms with Crippen molar-refractivity contribution in [3.63, 3.8) is 0 Å². The van der Waals surface area contributed by atoms with Crippen molar-refractivity contribution in [2.45, 2.75) is 45.7 Å². The van der Waals surface area contributed by atoms with E-state index in [-0.39, 0.29) is 24.6 Å². The summed E-state index contributed by atoms with van der Waals surface area (Å²) >= 11 is 6.10. The Morgan fingerprint density at radius 1 is 1.40 bits per heavy atom. The molecule has 0 saturated heterocycles. The van der Waals surface area contributed by atoms with Crippen molar-refractivity contribution in [1.82, 2.24) is 5.32 Å². The first-order valence-corrected chi connectivity index (χ1v) is 7.32. The Hall–Kier alpha value is -1.26. The number of ether oxygens (including phenoxy) is 1. The fourth-order valence-electron chi connectivity index (χ4n) is 1.82. The van der Waals surface area contributed by atoms with Crippen LogP contribution < -0.4 is 15.8 Å². The van der Waals surface area contributed by atoms with Crippen LogP contribution in [0.5, 0.6) is 5.75 Å². The molecule has 0 aliphatic carbocycles. The molecule has 0 radical (unpaired) electrons. The number of carbonyl (C=O) groups excluding carboxylic acids is 1. The fourth-order valence-corrected chi connectivity index (χ4v) is 2.07. The third kappa shape index (κ3) is 5.02. The predicted octanol–water partition coefficient (Wildman–Crippen LogP) is 3.04. The highest BCUT2D eigenvalue weighted by Gasteiger charge is 2.11. The summed E-state index contributed by atoms with van der Waals surface area (Å²) < 4.78 is 5.44. The second kappa shape index (κ2) is 8.12. The Morgan fingerprint density at radius 2 is 2.05 bits per heavy atom. The molecule has 0 spiro atoms. The smallest absolute Gasteiger partial charge is 0.258 e. The van der Waals surface area contributed by atoms with E-state index in [9.17, 15) is 4.79 Å². The zero-order valence-corrected chi connectivity index (χ0v) is 13.0. The molecule has 0 aliphatic heterocycles. The normalized spacial score (nSPS) is 12.3. The highest BCUT2D eigenvalue weighted by Crippen LogP contribution is 2.27. The van der Waals surface area contributed by atoms with Gasteiger partial charge < -0.3 is 15.8 Å². The first-order chi connectivity index (χ1) is 9.47. The van der Waals surface area contributed by atoms with Gasteiger partial charge in [-0.15, -0.1) is 0 Å². The van der Waals surface area contributed by atoms with E-state index in [2.05, 4.69) is 5.32 Å². The van der Waals surface area contributed by atoms with Gasteiger partial charge in [-0.1, -0.05) is 31.5 Å². The molecule has 20 heavy (non-hydrogen) atoms. The van der Waals surface area contributed by atoms with Crippen LogP contribution in [0.4, 0.5) is 0 Å². The summed E-state index contributed by atoms with van der Waals surface area (Å²) in [5.74, 6) is 0.363. The van der Waals surface area contributed by atoms with Crippen LogP contribution in [-0.4, -0.2) is 18.6 Å². The molecule has 0 bridgehead atoms. The van der Waals surface area contributed by atoms with Gasteiger partial charge in [0.15, 0.2) is 6.61 Å². The lowest BCUT2D eigenvalue weighted by Crippen LogP contribution is -2.37. The van der Waals surface area contributed by atoms with E-state index in [0.29, 0.717) is 10.8 Å². The Labute approximate surface area is 125 Å². The summed E-state index contributed by atoms with van der Waals surface area (Å²) in [5.41, 5.74) is 6.71. The minimum absolute atomic E-state index is 0.0340. The minimum Gasteiger partial charge on any atom is -0.482 e. The fraction of sp³-hybridized carbons (Fsp3) is 0.533. The summed E-state index contributed by atoms with van der Waals surface area (Å²) in [6, 6.07) is 5.47. The van der Waals surface area contributed by atoms with Gasteiger partial charge in [0.2, 0.25) is 0 Å². The van der Waals surface area contributed by atoms with Crippen molar-refractivity contribution in [2.75, 3.05) is 6.61 Å². The van der Waals surface area contributed by atoms with E-state index in [4.69, 9.17) is 22.1 Å². The molecule has 3 N–H and O–H groups in total. The monoisotopic (exact) mass is 298 g/mol. The maximum Gasteiger partial charge on any atom is 0.258 e. The Balaban J connectivity index is 2.55. The van der Waals surface area contributed by atoms with Crippen molar-refractivity contribution in [3.05, 3.63) is 28.8 Å². The van der Waals surface area contributed by atoms with Gasteiger partial charge in [-0.3, -0.25) is 4.79 Å². The Morgan fingerprint density at radius 3 is 2.55 bits per heavy atom. The molecular weight excluding hydrogens is 276 g/mol. The van der Waals surface area contributed by atoms with E-state index in [0.717, 1.165) is 18.4 Å². The van der Waals surface area contributed by atoms with Crippen LogP contribution in [0, 0.1) is 0 Å². The number of carbonyl (C=O) groups is 1. The first kappa shape index (κ1) is 16.8. The average molecular weight is 299 g/mol. The quantitative estimate of drug-likeness (QED) is 0.813. The van der Waals surface area contributed by atoms with Crippen LogP contribution in [0.25, 0.3) is 0 Å². The SMILES string of the molecule is CCC(CC)NC(=O)COc1ccc(C(C)N)cc1Cl. The van der Waals surface area contributed by atoms with Crippen molar-refractivity contribution < 1.29 is 9.53 Å². The van der Waals surface area contributed by atoms with Gasteiger partial charge in [0.1, 0.15) is 5.75 Å². The van der Waals surface area contributed by atoms with Crippen LogP contribution in [0.2, 0.25) is 5.02 Å². The van der Waals surface area contributed by atoms with Crippen molar-refractivity contribution in [1.29, 1.82) is 0 Å². The number of nitrogens with two attached hydrogens (primary N) is 1. The second-order valence-electron chi connectivity index (χ2n) is 4.85. The number of halogens is 1. The van der Waals surface area contributed by atoms with Gasteiger partial charge in [0.25, 0.3) is 5.91 Å². The molecule has 0 fully saturated rings. The molecule has 4 nitrogen and oxygen atoms in total. The van der Waals surface area contributed by atoms with Gasteiger partial charge in [0, 0.05) is 12.1 Å². The van der Waals surface area contributed by atoms with E-state index < -0.39 is 0 Å². The zero-order chi connectivity index (χ0) is 15.1. The predicted molar refractivity (Wildman–Crippen MR) is 82.1 cm³/mol. The lowest BCUT2D eigenvalue weighted by Gasteiger charge is -2.15.